The first-order valence-electron chi connectivity index (χ1n) is 11.7. The summed E-state index contributed by atoms with van der Waals surface area (Å²) in [5.74, 6) is -50.0. The van der Waals surface area contributed by atoms with E-state index in [0.29, 0.717) is 0 Å². The number of rotatable bonds is 7. The highest BCUT2D eigenvalue weighted by atomic mass is 19.2. The Labute approximate surface area is 247 Å². The second-order valence-electron chi connectivity index (χ2n) is 8.57. The summed E-state index contributed by atoms with van der Waals surface area (Å²) in [5, 5.41) is 0. The predicted molar refractivity (Wildman–Crippen MR) is 127 cm³/mol. The molecule has 0 heterocycles. The molecule has 0 aliphatic rings. The Morgan fingerprint density at radius 2 is 0.587 bits per heavy atom. The van der Waals surface area contributed by atoms with Crippen molar-refractivity contribution in [3.05, 3.63) is 118 Å². The quantitative estimate of drug-likeness (QED) is 0.0856. The summed E-state index contributed by atoms with van der Waals surface area (Å²) in [7, 11) is 0.319. The number of nitrogens with zero attached hydrogens (tertiary/aromatic N) is 1. The van der Waals surface area contributed by atoms with Gasteiger partial charge in [-0.1, -0.05) is 18.2 Å². The van der Waals surface area contributed by atoms with E-state index >= 15 is 0 Å². The van der Waals surface area contributed by atoms with Gasteiger partial charge in [-0.05, 0) is 12.1 Å². The number of hydrogen-bond acceptors (Lipinski definition) is 4. The van der Waals surface area contributed by atoms with Crippen molar-refractivity contribution in [3.8, 4) is 17.2 Å². The van der Waals surface area contributed by atoms with Crippen LogP contribution < -0.4 is 18.9 Å². The number of benzene rings is 4. The Bertz CT molecular complexity index is 1520. The third-order valence-corrected chi connectivity index (χ3v) is 5.42. The van der Waals surface area contributed by atoms with Gasteiger partial charge in [0.15, 0.2) is 17.2 Å². The lowest BCUT2D eigenvalue weighted by atomic mass is 10.1. The molecular weight excluding hydrogens is 670 g/mol. The van der Waals surface area contributed by atoms with Crippen molar-refractivity contribution < 1.29 is 79.8 Å². The van der Waals surface area contributed by atoms with E-state index in [2.05, 4.69) is 31.0 Å². The molecular formula is C26H11BF15NO3. The summed E-state index contributed by atoms with van der Waals surface area (Å²) in [4.78, 5) is 2.08. The Hall–Kier alpha value is -4.91. The summed E-state index contributed by atoms with van der Waals surface area (Å²) < 4.78 is 216. The Balaban J connectivity index is 0.000000549. The van der Waals surface area contributed by atoms with Crippen LogP contribution in [0.15, 0.2) is 30.3 Å². The monoisotopic (exact) mass is 681 g/mol. The lowest BCUT2D eigenvalue weighted by Crippen LogP contribution is -2.39. The highest BCUT2D eigenvalue weighted by molar-refractivity contribution is 6.39. The third kappa shape index (κ3) is 6.84. The highest BCUT2D eigenvalue weighted by Crippen LogP contribution is 2.35. The van der Waals surface area contributed by atoms with Crippen LogP contribution in [0, 0.1) is 87.3 Å². The van der Waals surface area contributed by atoms with E-state index in [4.69, 9.17) is 0 Å². The van der Waals surface area contributed by atoms with Gasteiger partial charge in [0.05, 0.1) is 0 Å². The molecule has 4 nitrogen and oxygen atoms in total. The fourth-order valence-corrected chi connectivity index (χ4v) is 3.15. The zero-order valence-corrected chi connectivity index (χ0v) is 22.3. The third-order valence-electron chi connectivity index (χ3n) is 5.42. The van der Waals surface area contributed by atoms with Crippen LogP contribution in [-0.2, 0) is 0 Å². The minimum absolute atomic E-state index is 1.25. The first-order chi connectivity index (χ1) is 21.4. The molecule has 0 radical (unpaired) electrons. The number of anilines is 1. The maximum Gasteiger partial charge on any atom is 0.864 e. The maximum absolute atomic E-state index is 13.9. The van der Waals surface area contributed by atoms with E-state index < -0.39 is 112 Å². The lowest BCUT2D eigenvalue weighted by molar-refractivity contribution is 0.247. The molecule has 0 amide bonds. The number of para-hydroxylation sites is 1. The molecule has 46 heavy (non-hydrogen) atoms. The van der Waals surface area contributed by atoms with E-state index in [1.54, 1.807) is 0 Å². The van der Waals surface area contributed by atoms with Crippen molar-refractivity contribution in [3.63, 3.8) is 0 Å². The topological polar surface area (TPSA) is 30.9 Å². The first-order valence-corrected chi connectivity index (χ1v) is 11.7. The van der Waals surface area contributed by atoms with Gasteiger partial charge in [-0.15, -0.1) is 0 Å². The number of hydrogen-bond donors (Lipinski definition) is 0. The van der Waals surface area contributed by atoms with Gasteiger partial charge in [0.1, 0.15) is 0 Å². The Kier molecular flexibility index (Phi) is 10.8. The smallest absolute Gasteiger partial charge is 0.484 e. The van der Waals surface area contributed by atoms with Crippen LogP contribution in [0.1, 0.15) is 0 Å². The second kappa shape index (κ2) is 14.0. The Morgan fingerprint density at radius 3 is 0.783 bits per heavy atom. The molecule has 0 bridgehead atoms. The van der Waals surface area contributed by atoms with Crippen molar-refractivity contribution in [2.45, 2.75) is 0 Å². The van der Waals surface area contributed by atoms with Gasteiger partial charge in [0, 0.05) is 19.8 Å². The molecule has 0 saturated heterocycles. The molecule has 0 atom stereocenters. The zero-order chi connectivity index (χ0) is 34.8. The molecule has 0 unspecified atom stereocenters. The van der Waals surface area contributed by atoms with E-state index in [9.17, 15) is 65.9 Å². The largest absolute Gasteiger partial charge is 0.864 e. The molecule has 0 aromatic heterocycles. The van der Waals surface area contributed by atoms with Gasteiger partial charge in [-0.3, -0.25) is 0 Å². The summed E-state index contributed by atoms with van der Waals surface area (Å²) >= 11 is 0. The van der Waals surface area contributed by atoms with E-state index in [-0.39, 0.29) is 0 Å². The van der Waals surface area contributed by atoms with Crippen molar-refractivity contribution in [1.82, 2.24) is 0 Å². The second-order valence-corrected chi connectivity index (χ2v) is 8.57. The fourth-order valence-electron chi connectivity index (χ4n) is 3.15. The standard InChI is InChI=1S/C18BF15O3.C8H11N/c20-1-4(23)10(29)16(11(30)5(1)24)35-19(36-17-12(31)6(25)2(21)7(26)13(17)32)37-18-14(33)8(27)3(22)9(28)15(18)34;1-9(2)8-6-4-3-5-7-8/h;3-7H,1-2H3. The predicted octanol–water partition coefficient (Wildman–Crippen LogP) is 8.05. The Morgan fingerprint density at radius 1 is 0.370 bits per heavy atom. The molecule has 0 N–H and O–H groups in total. The van der Waals surface area contributed by atoms with Gasteiger partial charge < -0.3 is 18.9 Å². The summed E-state index contributed by atoms with van der Waals surface area (Å²) in [6, 6.07) is 10.3. The minimum atomic E-state index is -3.75. The maximum atomic E-state index is 13.9. The van der Waals surface area contributed by atoms with E-state index in [0.717, 1.165) is 0 Å². The van der Waals surface area contributed by atoms with Crippen LogP contribution >= 0.6 is 0 Å². The van der Waals surface area contributed by atoms with Crippen LogP contribution in [0.2, 0.25) is 0 Å². The molecule has 246 valence electrons. The van der Waals surface area contributed by atoms with Gasteiger partial charge in [-0.2, -0.15) is 26.3 Å². The van der Waals surface area contributed by atoms with Gasteiger partial charge in [0.2, 0.25) is 87.3 Å². The fraction of sp³-hybridized carbons (Fsp3) is 0.0769. The first kappa shape index (κ1) is 35.6. The molecule has 0 fully saturated rings. The van der Waals surface area contributed by atoms with Crippen molar-refractivity contribution in [2.75, 3.05) is 19.0 Å². The van der Waals surface area contributed by atoms with Gasteiger partial charge >= 0.3 is 7.32 Å². The average Bonchev–Trinajstić information content (AvgIpc) is 3.05. The van der Waals surface area contributed by atoms with E-state index in [1.807, 2.05) is 32.3 Å². The lowest BCUT2D eigenvalue weighted by Gasteiger charge is -2.19. The molecule has 0 saturated carbocycles. The molecule has 4 aromatic carbocycles. The van der Waals surface area contributed by atoms with Crippen molar-refractivity contribution in [2.24, 2.45) is 0 Å². The van der Waals surface area contributed by atoms with Crippen molar-refractivity contribution >= 4 is 13.0 Å². The van der Waals surface area contributed by atoms with Crippen molar-refractivity contribution in [1.29, 1.82) is 0 Å². The molecule has 20 heteroatoms. The van der Waals surface area contributed by atoms with Crippen LogP contribution in [0.4, 0.5) is 71.5 Å². The molecule has 4 aromatic rings. The zero-order valence-electron chi connectivity index (χ0n) is 22.3. The van der Waals surface area contributed by atoms with Gasteiger partial charge in [-0.25, -0.2) is 39.5 Å². The summed E-state index contributed by atoms with van der Waals surface area (Å²) in [5.41, 5.74) is 1.25. The number of halogens is 15. The minimum Gasteiger partial charge on any atom is -0.484 e. The normalized spacial score (nSPS) is 10.7. The molecule has 0 aliphatic heterocycles. The average molecular weight is 681 g/mol. The summed E-state index contributed by atoms with van der Waals surface area (Å²) in [6.45, 7) is 0. The van der Waals surface area contributed by atoms with Crippen LogP contribution in [-0.4, -0.2) is 21.4 Å². The van der Waals surface area contributed by atoms with Crippen LogP contribution in [0.5, 0.6) is 17.2 Å². The molecule has 0 spiro atoms. The SMILES string of the molecule is CN(C)c1ccccc1.Fc1c(F)c(F)c(OB(Oc2c(F)c(F)c(F)c(F)c2F)Oc2c(F)c(F)c(F)c(F)c2F)c(F)c1F. The van der Waals surface area contributed by atoms with Crippen LogP contribution in [0.3, 0.4) is 0 Å². The highest BCUT2D eigenvalue weighted by Gasteiger charge is 2.42. The van der Waals surface area contributed by atoms with Gasteiger partial charge in [0.25, 0.3) is 0 Å². The molecule has 0 aliphatic carbocycles. The summed E-state index contributed by atoms with van der Waals surface area (Å²) in [6.07, 6.45) is 0. The van der Waals surface area contributed by atoms with Crippen LogP contribution in [0.25, 0.3) is 0 Å². The molecule has 4 rings (SSSR count). The van der Waals surface area contributed by atoms with E-state index in [1.165, 1.54) is 5.69 Å².